The topological polar surface area (TPSA) is 42.4 Å². The van der Waals surface area contributed by atoms with Gasteiger partial charge in [-0.1, -0.05) is 6.42 Å². The Kier molecular flexibility index (Phi) is 3.51. The maximum atomic E-state index is 12.7. The average molecular weight is 260 g/mol. The Labute approximate surface area is 113 Å². The van der Waals surface area contributed by atoms with Gasteiger partial charge in [-0.3, -0.25) is 14.7 Å². The summed E-state index contributed by atoms with van der Waals surface area (Å²) in [5, 5.41) is 0. The maximum Gasteiger partial charge on any atom is 0.185 e. The molecule has 2 heterocycles. The van der Waals surface area contributed by atoms with Crippen LogP contribution in [0.4, 0.5) is 0 Å². The summed E-state index contributed by atoms with van der Waals surface area (Å²) in [5.41, 5.74) is 0.646. The van der Waals surface area contributed by atoms with Gasteiger partial charge in [-0.05, 0) is 45.3 Å². The number of ether oxygens (including phenoxy) is 1. The minimum absolute atomic E-state index is 0.0143. The van der Waals surface area contributed by atoms with E-state index in [4.69, 9.17) is 4.74 Å². The molecule has 4 nitrogen and oxygen atoms in total. The molecule has 1 atom stereocenters. The first-order chi connectivity index (χ1) is 9.25. The van der Waals surface area contributed by atoms with Gasteiger partial charge in [0, 0.05) is 12.4 Å². The number of hydrogen-bond donors (Lipinski definition) is 0. The summed E-state index contributed by atoms with van der Waals surface area (Å²) < 4.78 is 5.82. The number of hydrogen-bond acceptors (Lipinski definition) is 4. The molecule has 2 fully saturated rings. The lowest BCUT2D eigenvalue weighted by Crippen LogP contribution is -2.42. The SMILES string of the molecule is CN1CCCCC1C(=O)c1cnccc1OC1CC1. The Morgan fingerprint density at radius 1 is 1.37 bits per heavy atom. The Balaban J connectivity index is 1.81. The first-order valence-electron chi connectivity index (χ1n) is 7.11. The highest BCUT2D eigenvalue weighted by Gasteiger charge is 2.30. The van der Waals surface area contributed by atoms with Crippen LogP contribution in [0.5, 0.6) is 5.75 Å². The van der Waals surface area contributed by atoms with E-state index < -0.39 is 0 Å². The van der Waals surface area contributed by atoms with E-state index in [9.17, 15) is 4.79 Å². The number of carbonyl (C=O) groups excluding carboxylic acids is 1. The number of piperidine rings is 1. The number of rotatable bonds is 4. The number of nitrogens with zero attached hydrogens (tertiary/aromatic N) is 2. The number of ketones is 1. The molecule has 0 radical (unpaired) electrons. The van der Waals surface area contributed by atoms with Gasteiger partial charge in [0.05, 0.1) is 17.7 Å². The standard InChI is InChI=1S/C15H20N2O2/c1-17-9-3-2-4-13(17)15(18)12-10-16-8-7-14(12)19-11-5-6-11/h7-8,10-11,13H,2-6,9H2,1H3. The fraction of sp³-hybridized carbons (Fsp3) is 0.600. The fourth-order valence-electron chi connectivity index (χ4n) is 2.62. The highest BCUT2D eigenvalue weighted by molar-refractivity contribution is 6.02. The fourth-order valence-corrected chi connectivity index (χ4v) is 2.62. The van der Waals surface area contributed by atoms with Crippen molar-refractivity contribution in [1.29, 1.82) is 0 Å². The van der Waals surface area contributed by atoms with Crippen LogP contribution in [-0.2, 0) is 0 Å². The second-order valence-electron chi connectivity index (χ2n) is 5.55. The van der Waals surface area contributed by atoms with Crippen LogP contribution in [0.2, 0.25) is 0 Å². The van der Waals surface area contributed by atoms with Crippen LogP contribution < -0.4 is 4.74 Å². The van der Waals surface area contributed by atoms with E-state index in [0.29, 0.717) is 17.4 Å². The third-order valence-corrected chi connectivity index (χ3v) is 3.94. The summed E-state index contributed by atoms with van der Waals surface area (Å²) >= 11 is 0. The molecular weight excluding hydrogens is 240 g/mol. The van der Waals surface area contributed by atoms with Crippen LogP contribution in [0.1, 0.15) is 42.5 Å². The normalized spacial score (nSPS) is 24.2. The molecule has 2 aliphatic rings. The van der Waals surface area contributed by atoms with Gasteiger partial charge < -0.3 is 4.74 Å². The molecular formula is C15H20N2O2. The van der Waals surface area contributed by atoms with Crippen LogP contribution in [0.3, 0.4) is 0 Å². The van der Waals surface area contributed by atoms with E-state index in [2.05, 4.69) is 9.88 Å². The van der Waals surface area contributed by atoms with Gasteiger partial charge in [-0.2, -0.15) is 0 Å². The summed E-state index contributed by atoms with van der Waals surface area (Å²) in [6, 6.07) is 1.80. The average Bonchev–Trinajstić information content (AvgIpc) is 3.23. The van der Waals surface area contributed by atoms with Crippen molar-refractivity contribution in [2.24, 2.45) is 0 Å². The van der Waals surface area contributed by atoms with E-state index in [1.807, 2.05) is 13.1 Å². The predicted molar refractivity (Wildman–Crippen MR) is 72.5 cm³/mol. The number of likely N-dealkylation sites (N-methyl/N-ethyl adjacent to an activating group) is 1. The van der Waals surface area contributed by atoms with Crippen LogP contribution in [0, 0.1) is 0 Å². The highest BCUT2D eigenvalue weighted by Crippen LogP contribution is 2.30. The molecule has 1 aliphatic heterocycles. The molecule has 102 valence electrons. The third-order valence-electron chi connectivity index (χ3n) is 3.94. The van der Waals surface area contributed by atoms with Gasteiger partial charge in [-0.15, -0.1) is 0 Å². The molecule has 4 heteroatoms. The van der Waals surface area contributed by atoms with E-state index in [0.717, 1.165) is 32.2 Å². The lowest BCUT2D eigenvalue weighted by molar-refractivity contribution is 0.0793. The molecule has 1 unspecified atom stereocenters. The summed E-state index contributed by atoms with van der Waals surface area (Å²) in [7, 11) is 2.03. The Hall–Kier alpha value is -1.42. The predicted octanol–water partition coefficient (Wildman–Crippen LogP) is 2.29. The van der Waals surface area contributed by atoms with Crippen molar-refractivity contribution < 1.29 is 9.53 Å². The molecule has 1 saturated carbocycles. The van der Waals surface area contributed by atoms with Crippen molar-refractivity contribution in [3.05, 3.63) is 24.0 Å². The lowest BCUT2D eigenvalue weighted by Gasteiger charge is -2.31. The second-order valence-corrected chi connectivity index (χ2v) is 5.55. The summed E-state index contributed by atoms with van der Waals surface area (Å²) in [6.07, 6.45) is 9.09. The smallest absolute Gasteiger partial charge is 0.185 e. The van der Waals surface area contributed by atoms with E-state index in [1.165, 1.54) is 6.42 Å². The van der Waals surface area contributed by atoms with Gasteiger partial charge in [0.1, 0.15) is 5.75 Å². The van der Waals surface area contributed by atoms with Gasteiger partial charge in [0.2, 0.25) is 0 Å². The maximum absolute atomic E-state index is 12.7. The zero-order valence-electron chi connectivity index (χ0n) is 11.3. The summed E-state index contributed by atoms with van der Waals surface area (Å²) in [5.74, 6) is 0.868. The molecule has 0 amide bonds. The third kappa shape index (κ3) is 2.78. The lowest BCUT2D eigenvalue weighted by atomic mass is 9.95. The minimum Gasteiger partial charge on any atom is -0.490 e. The van der Waals surface area contributed by atoms with Crippen molar-refractivity contribution in [3.63, 3.8) is 0 Å². The molecule has 1 aromatic rings. The zero-order valence-corrected chi connectivity index (χ0v) is 11.3. The van der Waals surface area contributed by atoms with E-state index in [1.54, 1.807) is 12.4 Å². The van der Waals surface area contributed by atoms with Gasteiger partial charge in [-0.25, -0.2) is 0 Å². The van der Waals surface area contributed by atoms with Crippen molar-refractivity contribution in [2.45, 2.75) is 44.2 Å². The largest absolute Gasteiger partial charge is 0.490 e. The Morgan fingerprint density at radius 3 is 2.95 bits per heavy atom. The first-order valence-corrected chi connectivity index (χ1v) is 7.11. The highest BCUT2D eigenvalue weighted by atomic mass is 16.5. The number of aromatic nitrogens is 1. The Bertz CT molecular complexity index is 471. The molecule has 1 saturated heterocycles. The van der Waals surface area contributed by atoms with Gasteiger partial charge in [0.15, 0.2) is 5.78 Å². The van der Waals surface area contributed by atoms with Crippen LogP contribution in [-0.4, -0.2) is 41.4 Å². The van der Waals surface area contributed by atoms with Crippen molar-refractivity contribution in [1.82, 2.24) is 9.88 Å². The van der Waals surface area contributed by atoms with Gasteiger partial charge in [0.25, 0.3) is 0 Å². The molecule has 0 N–H and O–H groups in total. The molecule has 0 spiro atoms. The van der Waals surface area contributed by atoms with Crippen LogP contribution in [0.25, 0.3) is 0 Å². The van der Waals surface area contributed by atoms with E-state index in [-0.39, 0.29) is 11.8 Å². The zero-order chi connectivity index (χ0) is 13.2. The minimum atomic E-state index is -0.0143. The molecule has 19 heavy (non-hydrogen) atoms. The number of likely N-dealkylation sites (tertiary alicyclic amines) is 1. The summed E-state index contributed by atoms with van der Waals surface area (Å²) in [6.45, 7) is 0.996. The molecule has 1 aliphatic carbocycles. The molecule has 3 rings (SSSR count). The first kappa shape index (κ1) is 12.6. The number of Topliss-reactive ketones (excluding diaryl/α,β-unsaturated/α-hetero) is 1. The van der Waals surface area contributed by atoms with Gasteiger partial charge >= 0.3 is 0 Å². The van der Waals surface area contributed by atoms with Crippen molar-refractivity contribution >= 4 is 5.78 Å². The summed E-state index contributed by atoms with van der Waals surface area (Å²) in [4.78, 5) is 18.9. The van der Waals surface area contributed by atoms with Crippen molar-refractivity contribution in [3.8, 4) is 5.75 Å². The second kappa shape index (κ2) is 5.29. The number of pyridine rings is 1. The monoisotopic (exact) mass is 260 g/mol. The van der Waals surface area contributed by atoms with E-state index >= 15 is 0 Å². The van der Waals surface area contributed by atoms with Crippen molar-refractivity contribution in [2.75, 3.05) is 13.6 Å². The molecule has 0 aromatic carbocycles. The quantitative estimate of drug-likeness (QED) is 0.779. The molecule has 0 bridgehead atoms. The Morgan fingerprint density at radius 2 is 2.21 bits per heavy atom. The van der Waals surface area contributed by atoms with Crippen LogP contribution >= 0.6 is 0 Å². The van der Waals surface area contributed by atoms with Crippen LogP contribution in [0.15, 0.2) is 18.5 Å². The number of carbonyl (C=O) groups is 1. The molecule has 1 aromatic heterocycles.